The topological polar surface area (TPSA) is 48.5 Å². The Bertz CT molecular complexity index is 698. The Morgan fingerprint density at radius 1 is 1.12 bits per heavy atom. The van der Waals surface area contributed by atoms with Crippen LogP contribution in [0.25, 0.3) is 0 Å². The molecule has 0 aliphatic carbocycles. The molecule has 1 aromatic heterocycles. The van der Waals surface area contributed by atoms with Crippen LogP contribution in [0.1, 0.15) is 25.0 Å². The van der Waals surface area contributed by atoms with E-state index in [9.17, 15) is 4.79 Å². The van der Waals surface area contributed by atoms with Crippen LogP contribution in [-0.4, -0.2) is 49.0 Å². The number of aromatic nitrogens is 1. The van der Waals surface area contributed by atoms with Gasteiger partial charge < -0.3 is 15.1 Å². The molecule has 0 atom stereocenters. The van der Waals surface area contributed by atoms with Crippen molar-refractivity contribution in [1.29, 1.82) is 0 Å². The lowest BCUT2D eigenvalue weighted by Crippen LogP contribution is -2.33. The maximum atomic E-state index is 12.4. The molecule has 1 heterocycles. The SMILES string of the molecule is CCN(CC)c1ccc(NCC(=O)N(C)CCc2ccncc2)c(C)c1. The molecule has 0 aliphatic heterocycles. The Morgan fingerprint density at radius 3 is 2.42 bits per heavy atom. The molecule has 0 radical (unpaired) electrons. The molecule has 5 nitrogen and oxygen atoms in total. The summed E-state index contributed by atoms with van der Waals surface area (Å²) >= 11 is 0. The third-order valence-corrected chi connectivity index (χ3v) is 4.68. The summed E-state index contributed by atoms with van der Waals surface area (Å²) in [6.07, 6.45) is 4.40. The van der Waals surface area contributed by atoms with Crippen molar-refractivity contribution in [3.63, 3.8) is 0 Å². The zero-order valence-electron chi connectivity index (χ0n) is 16.3. The number of likely N-dealkylation sites (N-methyl/N-ethyl adjacent to an activating group) is 1. The molecule has 0 bridgehead atoms. The number of pyridine rings is 1. The number of nitrogens with zero attached hydrogens (tertiary/aromatic N) is 3. The zero-order valence-corrected chi connectivity index (χ0v) is 16.3. The van der Waals surface area contributed by atoms with Crippen molar-refractivity contribution in [2.45, 2.75) is 27.2 Å². The van der Waals surface area contributed by atoms with Crippen LogP contribution in [-0.2, 0) is 11.2 Å². The highest BCUT2D eigenvalue weighted by Crippen LogP contribution is 2.22. The van der Waals surface area contributed by atoms with E-state index in [4.69, 9.17) is 0 Å². The van der Waals surface area contributed by atoms with Gasteiger partial charge in [0.2, 0.25) is 5.91 Å². The molecule has 26 heavy (non-hydrogen) atoms. The first-order chi connectivity index (χ1) is 12.5. The normalized spacial score (nSPS) is 10.5. The summed E-state index contributed by atoms with van der Waals surface area (Å²) in [5, 5.41) is 3.27. The number of anilines is 2. The van der Waals surface area contributed by atoms with Gasteiger partial charge in [-0.15, -0.1) is 0 Å². The third-order valence-electron chi connectivity index (χ3n) is 4.68. The molecule has 0 spiro atoms. The lowest BCUT2D eigenvalue weighted by atomic mass is 10.1. The summed E-state index contributed by atoms with van der Waals surface area (Å²) in [6.45, 7) is 9.37. The Balaban J connectivity index is 1.86. The van der Waals surface area contributed by atoms with Crippen molar-refractivity contribution in [3.8, 4) is 0 Å². The molecule has 2 rings (SSSR count). The van der Waals surface area contributed by atoms with Crippen LogP contribution in [0.15, 0.2) is 42.7 Å². The number of nitrogens with one attached hydrogen (secondary N) is 1. The van der Waals surface area contributed by atoms with Gasteiger partial charge in [-0.05, 0) is 68.7 Å². The molecule has 0 unspecified atom stereocenters. The van der Waals surface area contributed by atoms with Crippen LogP contribution < -0.4 is 10.2 Å². The van der Waals surface area contributed by atoms with Crippen molar-refractivity contribution >= 4 is 17.3 Å². The Kier molecular flexibility index (Phi) is 7.45. The average Bonchev–Trinajstić information content (AvgIpc) is 2.67. The van der Waals surface area contributed by atoms with Gasteiger partial charge in [0.05, 0.1) is 6.54 Å². The van der Waals surface area contributed by atoms with Gasteiger partial charge in [-0.3, -0.25) is 9.78 Å². The van der Waals surface area contributed by atoms with E-state index in [2.05, 4.69) is 54.2 Å². The lowest BCUT2D eigenvalue weighted by molar-refractivity contribution is -0.127. The van der Waals surface area contributed by atoms with Gasteiger partial charge in [-0.25, -0.2) is 0 Å². The fourth-order valence-electron chi connectivity index (χ4n) is 2.91. The van der Waals surface area contributed by atoms with Crippen molar-refractivity contribution < 1.29 is 4.79 Å². The van der Waals surface area contributed by atoms with E-state index in [1.807, 2.05) is 19.2 Å². The number of carbonyl (C=O) groups excluding carboxylic acids is 1. The number of carbonyl (C=O) groups is 1. The van der Waals surface area contributed by atoms with Crippen LogP contribution in [0.3, 0.4) is 0 Å². The molecule has 2 aromatic rings. The van der Waals surface area contributed by atoms with Gasteiger partial charge in [0, 0.05) is 50.5 Å². The zero-order chi connectivity index (χ0) is 18.9. The number of amides is 1. The summed E-state index contributed by atoms with van der Waals surface area (Å²) in [6, 6.07) is 10.3. The smallest absolute Gasteiger partial charge is 0.241 e. The second kappa shape index (κ2) is 9.80. The number of rotatable bonds is 9. The first kappa shape index (κ1) is 19.8. The minimum atomic E-state index is 0.0891. The minimum Gasteiger partial charge on any atom is -0.376 e. The molecule has 5 heteroatoms. The second-order valence-electron chi connectivity index (χ2n) is 6.45. The van der Waals surface area contributed by atoms with Crippen molar-refractivity contribution in [3.05, 3.63) is 53.9 Å². The molecule has 1 amide bonds. The molecule has 0 fully saturated rings. The van der Waals surface area contributed by atoms with E-state index in [1.54, 1.807) is 17.3 Å². The van der Waals surface area contributed by atoms with Crippen molar-refractivity contribution in [2.24, 2.45) is 0 Å². The van der Waals surface area contributed by atoms with Gasteiger partial charge in [-0.2, -0.15) is 0 Å². The summed E-state index contributed by atoms with van der Waals surface area (Å²) < 4.78 is 0. The second-order valence-corrected chi connectivity index (χ2v) is 6.45. The predicted molar refractivity (Wildman–Crippen MR) is 109 cm³/mol. The quantitative estimate of drug-likeness (QED) is 0.750. The summed E-state index contributed by atoms with van der Waals surface area (Å²) in [5.74, 6) is 0.0891. The summed E-state index contributed by atoms with van der Waals surface area (Å²) in [7, 11) is 1.85. The highest BCUT2D eigenvalue weighted by Gasteiger charge is 2.10. The molecule has 1 N–H and O–H groups in total. The Hall–Kier alpha value is -2.56. The van der Waals surface area contributed by atoms with E-state index in [1.165, 1.54) is 11.3 Å². The molecule has 1 aromatic carbocycles. The van der Waals surface area contributed by atoms with E-state index in [0.717, 1.165) is 30.8 Å². The van der Waals surface area contributed by atoms with Crippen molar-refractivity contribution in [1.82, 2.24) is 9.88 Å². The van der Waals surface area contributed by atoms with Crippen LogP contribution in [0.2, 0.25) is 0 Å². The van der Waals surface area contributed by atoms with E-state index >= 15 is 0 Å². The highest BCUT2D eigenvalue weighted by molar-refractivity contribution is 5.81. The van der Waals surface area contributed by atoms with E-state index in [-0.39, 0.29) is 5.91 Å². The Morgan fingerprint density at radius 2 is 1.81 bits per heavy atom. The molecular formula is C21H30N4O. The predicted octanol–water partition coefficient (Wildman–Crippen LogP) is 3.35. The van der Waals surface area contributed by atoms with Gasteiger partial charge in [-0.1, -0.05) is 0 Å². The standard InChI is InChI=1S/C21H30N4O/c1-5-25(6-2)19-7-8-20(17(3)15-19)23-16-21(26)24(4)14-11-18-9-12-22-13-10-18/h7-10,12-13,15,23H,5-6,11,14,16H2,1-4H3. The highest BCUT2D eigenvalue weighted by atomic mass is 16.2. The maximum Gasteiger partial charge on any atom is 0.241 e. The number of hydrogen-bond donors (Lipinski definition) is 1. The number of benzene rings is 1. The van der Waals surface area contributed by atoms with E-state index in [0.29, 0.717) is 13.1 Å². The summed E-state index contributed by atoms with van der Waals surface area (Å²) in [5.41, 5.74) is 4.58. The Labute approximate surface area is 157 Å². The molecule has 0 saturated carbocycles. The fourth-order valence-corrected chi connectivity index (χ4v) is 2.91. The first-order valence-corrected chi connectivity index (χ1v) is 9.27. The number of aryl methyl sites for hydroxylation is 1. The molecule has 0 saturated heterocycles. The third kappa shape index (κ3) is 5.48. The van der Waals surface area contributed by atoms with E-state index < -0.39 is 0 Å². The maximum absolute atomic E-state index is 12.4. The monoisotopic (exact) mass is 354 g/mol. The van der Waals surface area contributed by atoms with Crippen LogP contribution in [0.4, 0.5) is 11.4 Å². The molecular weight excluding hydrogens is 324 g/mol. The van der Waals surface area contributed by atoms with Gasteiger partial charge in [0.1, 0.15) is 0 Å². The average molecular weight is 354 g/mol. The largest absolute Gasteiger partial charge is 0.376 e. The fraction of sp³-hybridized carbons (Fsp3) is 0.429. The molecule has 0 aliphatic rings. The van der Waals surface area contributed by atoms with Crippen LogP contribution in [0.5, 0.6) is 0 Å². The van der Waals surface area contributed by atoms with Gasteiger partial charge in [0.15, 0.2) is 0 Å². The van der Waals surface area contributed by atoms with Crippen LogP contribution in [0, 0.1) is 6.92 Å². The van der Waals surface area contributed by atoms with Crippen molar-refractivity contribution in [2.75, 3.05) is 43.4 Å². The minimum absolute atomic E-state index is 0.0891. The number of hydrogen-bond acceptors (Lipinski definition) is 4. The summed E-state index contributed by atoms with van der Waals surface area (Å²) in [4.78, 5) is 20.5. The van der Waals surface area contributed by atoms with Gasteiger partial charge in [0.25, 0.3) is 0 Å². The molecule has 140 valence electrons. The first-order valence-electron chi connectivity index (χ1n) is 9.27. The van der Waals surface area contributed by atoms with Crippen LogP contribution >= 0.6 is 0 Å². The van der Waals surface area contributed by atoms with Gasteiger partial charge >= 0.3 is 0 Å². The lowest BCUT2D eigenvalue weighted by Gasteiger charge is -2.23.